The molecule has 21 heavy (non-hydrogen) atoms. The number of hydrogen-bond acceptors (Lipinski definition) is 6. The summed E-state index contributed by atoms with van der Waals surface area (Å²) in [5.41, 5.74) is 0. The molecule has 0 bridgehead atoms. The molecular formula is C12H19N3O4S2. The van der Waals surface area contributed by atoms with Crippen molar-refractivity contribution in [3.8, 4) is 0 Å². The van der Waals surface area contributed by atoms with Gasteiger partial charge in [-0.25, -0.2) is 13.1 Å². The quantitative estimate of drug-likeness (QED) is 0.540. The lowest BCUT2D eigenvalue weighted by atomic mass is 9.95. The van der Waals surface area contributed by atoms with Crippen molar-refractivity contribution in [3.05, 3.63) is 17.5 Å². The Hall–Kier alpha value is -1.00. The van der Waals surface area contributed by atoms with E-state index >= 15 is 0 Å². The van der Waals surface area contributed by atoms with Crippen LogP contribution < -0.4 is 15.4 Å². The molecule has 1 aliphatic rings. The smallest absolute Gasteiger partial charge is 0.250 e. The largest absolute Gasteiger partial charge is 0.391 e. The van der Waals surface area contributed by atoms with Crippen LogP contribution in [0.5, 0.6) is 0 Å². The number of aliphatic hydroxyl groups is 1. The minimum atomic E-state index is -3.62. The van der Waals surface area contributed by atoms with Crippen molar-refractivity contribution >= 4 is 27.3 Å². The van der Waals surface area contributed by atoms with E-state index in [1.165, 1.54) is 6.07 Å². The Morgan fingerprint density at radius 1 is 1.52 bits per heavy atom. The van der Waals surface area contributed by atoms with E-state index in [1.54, 1.807) is 11.4 Å². The summed E-state index contributed by atoms with van der Waals surface area (Å²) in [6, 6.07) is 3.12. The van der Waals surface area contributed by atoms with Gasteiger partial charge in [-0.15, -0.1) is 11.3 Å². The van der Waals surface area contributed by atoms with E-state index < -0.39 is 22.0 Å². The molecule has 1 aromatic heterocycles. The number of piperidine rings is 1. The molecular weight excluding hydrogens is 314 g/mol. The summed E-state index contributed by atoms with van der Waals surface area (Å²) in [6.07, 6.45) is 0.296. The van der Waals surface area contributed by atoms with Crippen molar-refractivity contribution in [2.24, 2.45) is 5.92 Å². The topological polar surface area (TPSA) is 108 Å². The standard InChI is InChI=1S/C12H19N3O4S2/c16-10-7-13-4-3-9(10)6-14-11(17)8-15-21(18,19)12-2-1-5-20-12/h1-2,5,9-10,13,15-16H,3-4,6-8H2,(H,14,17)/t9-,10+/m0/s1. The zero-order valence-electron chi connectivity index (χ0n) is 11.4. The number of hydrogen-bond donors (Lipinski definition) is 4. The van der Waals surface area contributed by atoms with E-state index in [1.807, 2.05) is 0 Å². The van der Waals surface area contributed by atoms with Crippen LogP contribution in [0.25, 0.3) is 0 Å². The number of carbonyl (C=O) groups is 1. The molecule has 9 heteroatoms. The molecule has 1 aliphatic heterocycles. The molecule has 118 valence electrons. The van der Waals surface area contributed by atoms with Crippen LogP contribution in [0.4, 0.5) is 0 Å². The van der Waals surface area contributed by atoms with E-state index in [-0.39, 0.29) is 16.7 Å². The third-order valence-electron chi connectivity index (χ3n) is 3.33. The second kappa shape index (κ2) is 7.32. The number of rotatable bonds is 6. The summed E-state index contributed by atoms with van der Waals surface area (Å²) < 4.78 is 26.1. The van der Waals surface area contributed by atoms with E-state index in [9.17, 15) is 18.3 Å². The molecule has 0 unspecified atom stereocenters. The highest BCUT2D eigenvalue weighted by atomic mass is 32.2. The second-order valence-electron chi connectivity index (χ2n) is 4.88. The first-order chi connectivity index (χ1) is 9.99. The summed E-state index contributed by atoms with van der Waals surface area (Å²) >= 11 is 1.10. The number of β-amino-alcohol motifs (C(OH)–C–C–N with tert-alkyl or cyclic N) is 1. The van der Waals surface area contributed by atoms with Gasteiger partial charge < -0.3 is 15.7 Å². The molecule has 2 rings (SSSR count). The fourth-order valence-electron chi connectivity index (χ4n) is 2.09. The number of amides is 1. The van der Waals surface area contributed by atoms with Gasteiger partial charge in [0.2, 0.25) is 5.91 Å². The van der Waals surface area contributed by atoms with Gasteiger partial charge in [-0.2, -0.15) is 0 Å². The van der Waals surface area contributed by atoms with E-state index in [4.69, 9.17) is 0 Å². The van der Waals surface area contributed by atoms with Crippen LogP contribution in [0.1, 0.15) is 6.42 Å². The summed E-state index contributed by atoms with van der Waals surface area (Å²) in [6.45, 7) is 1.37. The van der Waals surface area contributed by atoms with Crippen LogP contribution in [0.2, 0.25) is 0 Å². The van der Waals surface area contributed by atoms with Gasteiger partial charge in [0.15, 0.2) is 0 Å². The predicted molar refractivity (Wildman–Crippen MR) is 79.5 cm³/mol. The fraction of sp³-hybridized carbons (Fsp3) is 0.583. The Labute approximate surface area is 127 Å². The molecule has 2 heterocycles. The average Bonchev–Trinajstić information content (AvgIpc) is 2.99. The van der Waals surface area contributed by atoms with Crippen LogP contribution >= 0.6 is 11.3 Å². The third kappa shape index (κ3) is 4.75. The van der Waals surface area contributed by atoms with E-state index in [2.05, 4.69) is 15.4 Å². The number of carbonyl (C=O) groups excluding carboxylic acids is 1. The summed E-state index contributed by atoms with van der Waals surface area (Å²) in [5, 5.41) is 17.1. The maximum Gasteiger partial charge on any atom is 0.250 e. The van der Waals surface area contributed by atoms with Crippen LogP contribution in [0, 0.1) is 5.92 Å². The Bertz CT molecular complexity index is 559. The number of aliphatic hydroxyl groups excluding tert-OH is 1. The van der Waals surface area contributed by atoms with Crippen LogP contribution in [0.3, 0.4) is 0 Å². The Morgan fingerprint density at radius 2 is 2.33 bits per heavy atom. The highest BCUT2D eigenvalue weighted by molar-refractivity contribution is 7.91. The molecule has 0 aliphatic carbocycles. The predicted octanol–water partition coefficient (Wildman–Crippen LogP) is -0.887. The van der Waals surface area contributed by atoms with E-state index in [0.717, 1.165) is 24.3 Å². The number of thiophene rings is 1. The monoisotopic (exact) mass is 333 g/mol. The van der Waals surface area contributed by atoms with Gasteiger partial charge in [-0.3, -0.25) is 4.79 Å². The van der Waals surface area contributed by atoms with Crippen molar-refractivity contribution in [1.82, 2.24) is 15.4 Å². The van der Waals surface area contributed by atoms with E-state index in [0.29, 0.717) is 13.1 Å². The molecule has 1 fully saturated rings. The van der Waals surface area contributed by atoms with Crippen molar-refractivity contribution < 1.29 is 18.3 Å². The van der Waals surface area contributed by atoms with Gasteiger partial charge in [0.05, 0.1) is 12.6 Å². The van der Waals surface area contributed by atoms with Gasteiger partial charge in [0, 0.05) is 19.0 Å². The van der Waals surface area contributed by atoms with Gasteiger partial charge >= 0.3 is 0 Å². The molecule has 1 aromatic rings. The first kappa shape index (κ1) is 16.4. The van der Waals surface area contributed by atoms with Gasteiger partial charge in [0.25, 0.3) is 10.0 Å². The molecule has 0 spiro atoms. The fourth-order valence-corrected chi connectivity index (χ4v) is 4.11. The minimum absolute atomic E-state index is 0.00380. The molecule has 0 saturated carbocycles. The molecule has 4 N–H and O–H groups in total. The maximum absolute atomic E-state index is 11.8. The Balaban J connectivity index is 1.75. The van der Waals surface area contributed by atoms with Gasteiger partial charge in [-0.1, -0.05) is 6.07 Å². The lowest BCUT2D eigenvalue weighted by molar-refractivity contribution is -0.120. The number of sulfonamides is 1. The second-order valence-corrected chi connectivity index (χ2v) is 7.82. The van der Waals surface area contributed by atoms with Gasteiger partial charge in [-0.05, 0) is 24.4 Å². The SMILES string of the molecule is O=C(CNS(=O)(=O)c1cccs1)NC[C@@H]1CCNC[C@H]1O. The van der Waals surface area contributed by atoms with Crippen LogP contribution in [-0.2, 0) is 14.8 Å². The first-order valence-electron chi connectivity index (χ1n) is 6.67. The normalized spacial score (nSPS) is 22.9. The highest BCUT2D eigenvalue weighted by Gasteiger charge is 2.23. The molecule has 1 saturated heterocycles. The summed E-state index contributed by atoms with van der Waals surface area (Å²) in [4.78, 5) is 11.7. The first-order valence-corrected chi connectivity index (χ1v) is 9.04. The van der Waals surface area contributed by atoms with Crippen molar-refractivity contribution in [2.45, 2.75) is 16.7 Å². The molecule has 0 radical (unpaired) electrons. The third-order valence-corrected chi connectivity index (χ3v) is 6.13. The van der Waals surface area contributed by atoms with Crippen LogP contribution in [0.15, 0.2) is 21.7 Å². The summed E-state index contributed by atoms with van der Waals surface area (Å²) in [5.74, 6) is -0.398. The molecule has 2 atom stereocenters. The lowest BCUT2D eigenvalue weighted by Gasteiger charge is -2.28. The molecule has 7 nitrogen and oxygen atoms in total. The zero-order valence-corrected chi connectivity index (χ0v) is 13.0. The van der Waals surface area contributed by atoms with Crippen molar-refractivity contribution in [2.75, 3.05) is 26.2 Å². The summed E-state index contributed by atoms with van der Waals surface area (Å²) in [7, 11) is -3.62. The van der Waals surface area contributed by atoms with Crippen molar-refractivity contribution in [3.63, 3.8) is 0 Å². The Morgan fingerprint density at radius 3 is 3.00 bits per heavy atom. The lowest BCUT2D eigenvalue weighted by Crippen LogP contribution is -2.46. The van der Waals surface area contributed by atoms with Crippen LogP contribution in [-0.4, -0.2) is 51.7 Å². The number of nitrogens with one attached hydrogen (secondary N) is 3. The van der Waals surface area contributed by atoms with Gasteiger partial charge in [0.1, 0.15) is 4.21 Å². The maximum atomic E-state index is 11.8. The highest BCUT2D eigenvalue weighted by Crippen LogP contribution is 2.15. The zero-order chi connectivity index (χ0) is 15.3. The average molecular weight is 333 g/mol. The van der Waals surface area contributed by atoms with Crippen molar-refractivity contribution in [1.29, 1.82) is 0 Å². The molecule has 0 aromatic carbocycles. The molecule has 1 amide bonds. The Kier molecular flexibility index (Phi) is 5.71. The minimum Gasteiger partial charge on any atom is -0.391 e.